The summed E-state index contributed by atoms with van der Waals surface area (Å²) in [4.78, 5) is 2.72. The van der Waals surface area contributed by atoms with Gasteiger partial charge in [0.15, 0.2) is 0 Å². The summed E-state index contributed by atoms with van der Waals surface area (Å²) in [5, 5.41) is 3.55. The number of nitrogens with zero attached hydrogens (tertiary/aromatic N) is 1. The molecule has 1 saturated heterocycles. The van der Waals surface area contributed by atoms with E-state index in [9.17, 15) is 0 Å². The van der Waals surface area contributed by atoms with Crippen LogP contribution in [0.4, 0.5) is 0 Å². The summed E-state index contributed by atoms with van der Waals surface area (Å²) in [5.74, 6) is 0.803. The minimum Gasteiger partial charge on any atom is -0.314 e. The molecule has 2 atom stereocenters. The number of nitrogens with one attached hydrogen (secondary N) is 1. The molecule has 1 N–H and O–H groups in total. The van der Waals surface area contributed by atoms with Crippen LogP contribution in [0.25, 0.3) is 0 Å². The number of piperazine rings is 1. The highest BCUT2D eigenvalue weighted by atomic mass is 15.2. The third-order valence-electron chi connectivity index (χ3n) is 4.70. The molecule has 0 aromatic heterocycles. The van der Waals surface area contributed by atoms with Gasteiger partial charge in [-0.3, -0.25) is 4.90 Å². The predicted molar refractivity (Wildman–Crippen MR) is 87.1 cm³/mol. The maximum absolute atomic E-state index is 3.55. The van der Waals surface area contributed by atoms with Crippen LogP contribution in [0.15, 0.2) is 30.3 Å². The molecular weight excluding hydrogens is 244 g/mol. The molecule has 0 radical (unpaired) electrons. The lowest BCUT2D eigenvalue weighted by molar-refractivity contribution is 0.114. The van der Waals surface area contributed by atoms with Crippen molar-refractivity contribution in [1.82, 2.24) is 10.2 Å². The van der Waals surface area contributed by atoms with Crippen molar-refractivity contribution in [1.29, 1.82) is 0 Å². The summed E-state index contributed by atoms with van der Waals surface area (Å²) in [7, 11) is 0. The van der Waals surface area contributed by atoms with Crippen molar-refractivity contribution in [3.8, 4) is 0 Å². The Morgan fingerprint density at radius 3 is 2.80 bits per heavy atom. The Labute approximate surface area is 124 Å². The number of unbranched alkanes of at least 4 members (excludes halogenated alkanes) is 1. The molecule has 1 aromatic rings. The fourth-order valence-electron chi connectivity index (χ4n) is 3.17. The van der Waals surface area contributed by atoms with E-state index in [0.717, 1.165) is 18.5 Å². The highest BCUT2D eigenvalue weighted by molar-refractivity contribution is 5.14. The monoisotopic (exact) mass is 274 g/mol. The van der Waals surface area contributed by atoms with Crippen molar-refractivity contribution < 1.29 is 0 Å². The third kappa shape index (κ3) is 4.60. The molecule has 1 fully saturated rings. The van der Waals surface area contributed by atoms with Crippen molar-refractivity contribution >= 4 is 0 Å². The van der Waals surface area contributed by atoms with Crippen LogP contribution in [-0.4, -0.2) is 37.1 Å². The SMILES string of the molecule is CCC(C)C1CNCCN1CCCCc1ccccc1. The average Bonchev–Trinajstić information content (AvgIpc) is 2.52. The number of hydrogen-bond acceptors (Lipinski definition) is 2. The minimum absolute atomic E-state index is 0.741. The van der Waals surface area contributed by atoms with E-state index in [4.69, 9.17) is 0 Å². The van der Waals surface area contributed by atoms with E-state index in [1.54, 1.807) is 0 Å². The number of hydrogen-bond donors (Lipinski definition) is 1. The molecule has 0 amide bonds. The maximum Gasteiger partial charge on any atom is 0.0246 e. The summed E-state index contributed by atoms with van der Waals surface area (Å²) in [6.07, 6.45) is 5.14. The standard InChI is InChI=1S/C18H30N2/c1-3-16(2)18-15-19-12-14-20(18)13-8-7-11-17-9-5-4-6-10-17/h4-6,9-10,16,18-19H,3,7-8,11-15H2,1-2H3. The van der Waals surface area contributed by atoms with Crippen molar-refractivity contribution in [2.24, 2.45) is 5.92 Å². The molecule has 20 heavy (non-hydrogen) atoms. The maximum atomic E-state index is 3.55. The first-order chi connectivity index (χ1) is 9.81. The van der Waals surface area contributed by atoms with Crippen molar-refractivity contribution in [2.75, 3.05) is 26.2 Å². The molecule has 0 bridgehead atoms. The normalized spacial score (nSPS) is 21.8. The van der Waals surface area contributed by atoms with Gasteiger partial charge in [0, 0.05) is 25.7 Å². The summed E-state index contributed by atoms with van der Waals surface area (Å²) in [6, 6.07) is 11.6. The third-order valence-corrected chi connectivity index (χ3v) is 4.70. The van der Waals surface area contributed by atoms with E-state index in [0.29, 0.717) is 0 Å². The van der Waals surface area contributed by atoms with Gasteiger partial charge in [0.05, 0.1) is 0 Å². The smallest absolute Gasteiger partial charge is 0.0246 e. The topological polar surface area (TPSA) is 15.3 Å². The zero-order valence-electron chi connectivity index (χ0n) is 13.1. The lowest BCUT2D eigenvalue weighted by atomic mass is 9.95. The van der Waals surface area contributed by atoms with Gasteiger partial charge < -0.3 is 5.32 Å². The lowest BCUT2D eigenvalue weighted by Crippen LogP contribution is -2.54. The van der Waals surface area contributed by atoms with Crippen LogP contribution >= 0.6 is 0 Å². The van der Waals surface area contributed by atoms with Gasteiger partial charge in [-0.1, -0.05) is 50.6 Å². The average molecular weight is 274 g/mol. The Morgan fingerprint density at radius 2 is 2.05 bits per heavy atom. The lowest BCUT2D eigenvalue weighted by Gasteiger charge is -2.39. The number of aryl methyl sites for hydroxylation is 1. The number of rotatable bonds is 7. The van der Waals surface area contributed by atoms with E-state index >= 15 is 0 Å². The fourth-order valence-corrected chi connectivity index (χ4v) is 3.17. The van der Waals surface area contributed by atoms with Gasteiger partial charge in [-0.25, -0.2) is 0 Å². The van der Waals surface area contributed by atoms with Crippen LogP contribution in [0.1, 0.15) is 38.7 Å². The predicted octanol–water partition coefficient (Wildman–Crippen LogP) is 3.33. The van der Waals surface area contributed by atoms with Crippen LogP contribution in [0.2, 0.25) is 0 Å². The van der Waals surface area contributed by atoms with Crippen LogP contribution < -0.4 is 5.32 Å². The molecule has 0 saturated carbocycles. The Bertz CT molecular complexity index is 363. The highest BCUT2D eigenvalue weighted by Crippen LogP contribution is 2.17. The molecule has 2 heteroatoms. The second-order valence-electron chi connectivity index (χ2n) is 6.14. The summed E-state index contributed by atoms with van der Waals surface area (Å²) < 4.78 is 0. The van der Waals surface area contributed by atoms with E-state index in [-0.39, 0.29) is 0 Å². The van der Waals surface area contributed by atoms with E-state index in [2.05, 4.69) is 54.4 Å². The van der Waals surface area contributed by atoms with Crippen LogP contribution in [0, 0.1) is 5.92 Å². The molecule has 0 aliphatic carbocycles. The molecule has 1 aliphatic rings. The zero-order valence-corrected chi connectivity index (χ0v) is 13.1. The second-order valence-corrected chi connectivity index (χ2v) is 6.14. The molecule has 2 rings (SSSR count). The quantitative estimate of drug-likeness (QED) is 0.767. The molecule has 2 unspecified atom stereocenters. The fraction of sp³-hybridized carbons (Fsp3) is 0.667. The Kier molecular flexibility index (Phi) is 6.55. The van der Waals surface area contributed by atoms with Gasteiger partial charge in [-0.15, -0.1) is 0 Å². The molecular formula is C18H30N2. The second kappa shape index (κ2) is 8.43. The van der Waals surface area contributed by atoms with Gasteiger partial charge in [-0.05, 0) is 37.3 Å². The molecule has 0 spiro atoms. The van der Waals surface area contributed by atoms with Gasteiger partial charge in [0.2, 0.25) is 0 Å². The Morgan fingerprint density at radius 1 is 1.25 bits per heavy atom. The molecule has 1 aliphatic heterocycles. The molecule has 1 aromatic carbocycles. The summed E-state index contributed by atoms with van der Waals surface area (Å²) in [6.45, 7) is 9.53. The zero-order chi connectivity index (χ0) is 14.2. The van der Waals surface area contributed by atoms with Crippen LogP contribution in [0.3, 0.4) is 0 Å². The van der Waals surface area contributed by atoms with Crippen molar-refractivity contribution in [3.63, 3.8) is 0 Å². The summed E-state index contributed by atoms with van der Waals surface area (Å²) >= 11 is 0. The van der Waals surface area contributed by atoms with Crippen LogP contribution in [0.5, 0.6) is 0 Å². The van der Waals surface area contributed by atoms with Gasteiger partial charge >= 0.3 is 0 Å². The molecule has 1 heterocycles. The van der Waals surface area contributed by atoms with Crippen molar-refractivity contribution in [3.05, 3.63) is 35.9 Å². The molecule has 112 valence electrons. The van der Waals surface area contributed by atoms with Gasteiger partial charge in [-0.2, -0.15) is 0 Å². The van der Waals surface area contributed by atoms with Gasteiger partial charge in [0.1, 0.15) is 0 Å². The largest absolute Gasteiger partial charge is 0.314 e. The van der Waals surface area contributed by atoms with E-state index in [1.807, 2.05) is 0 Å². The first-order valence-electron chi connectivity index (χ1n) is 8.30. The number of benzene rings is 1. The van der Waals surface area contributed by atoms with E-state index < -0.39 is 0 Å². The molecule has 2 nitrogen and oxygen atoms in total. The summed E-state index contributed by atoms with van der Waals surface area (Å²) in [5.41, 5.74) is 1.48. The first kappa shape index (κ1) is 15.5. The Hall–Kier alpha value is -0.860. The van der Waals surface area contributed by atoms with E-state index in [1.165, 1.54) is 50.9 Å². The highest BCUT2D eigenvalue weighted by Gasteiger charge is 2.25. The van der Waals surface area contributed by atoms with Gasteiger partial charge in [0.25, 0.3) is 0 Å². The minimum atomic E-state index is 0.741. The van der Waals surface area contributed by atoms with Crippen molar-refractivity contribution in [2.45, 2.75) is 45.6 Å². The van der Waals surface area contributed by atoms with Crippen LogP contribution in [-0.2, 0) is 6.42 Å². The Balaban J connectivity index is 1.71. The first-order valence-corrected chi connectivity index (χ1v) is 8.30.